The van der Waals surface area contributed by atoms with Crippen LogP contribution in [0.25, 0.3) is 0 Å². The van der Waals surface area contributed by atoms with Crippen LogP contribution in [-0.4, -0.2) is 17.3 Å². The normalized spacial score (nSPS) is 11.2. The first-order valence-corrected chi connectivity index (χ1v) is 10.7. The van der Waals surface area contributed by atoms with Gasteiger partial charge in [0.05, 0.1) is 19.8 Å². The highest BCUT2D eigenvalue weighted by molar-refractivity contribution is 7.49. The Hall–Kier alpha value is -2.83. The van der Waals surface area contributed by atoms with Gasteiger partial charge in [-0.2, -0.15) is 4.57 Å². The van der Waals surface area contributed by atoms with Crippen molar-refractivity contribution in [1.82, 2.24) is 0 Å². The summed E-state index contributed by atoms with van der Waals surface area (Å²) in [5.74, 6) is 0.828. The van der Waals surface area contributed by atoms with E-state index < -0.39 is 7.82 Å². The number of phosphoric acid groups is 1. The fraction of sp³-hybridized carbons (Fsp3) is 0.182. The second-order valence-corrected chi connectivity index (χ2v) is 7.84. The van der Waals surface area contributed by atoms with Crippen LogP contribution >= 0.6 is 7.82 Å². The maximum absolute atomic E-state index is 13.5. The van der Waals surface area contributed by atoms with Gasteiger partial charge in [0.15, 0.2) is 0 Å². The quantitative estimate of drug-likeness (QED) is 0.459. The maximum Gasteiger partial charge on any atom is 0.647 e. The molecule has 0 unspecified atom stereocenters. The largest absolute Gasteiger partial charge is 0.647 e. The lowest BCUT2D eigenvalue weighted by Crippen LogP contribution is -2.08. The van der Waals surface area contributed by atoms with E-state index in [-0.39, 0.29) is 24.7 Å². The number of benzene rings is 3. The van der Waals surface area contributed by atoms with Crippen molar-refractivity contribution in [2.24, 2.45) is 0 Å². The molecule has 0 aliphatic carbocycles. The number of hydrogen-bond acceptors (Lipinski definition) is 7. The van der Waals surface area contributed by atoms with Crippen LogP contribution in [0, 0.1) is 0 Å². The fourth-order valence-electron chi connectivity index (χ4n) is 2.57. The molecule has 158 valence electrons. The number of rotatable bonds is 10. The van der Waals surface area contributed by atoms with Gasteiger partial charge in [-0.1, -0.05) is 36.4 Å². The van der Waals surface area contributed by atoms with E-state index in [0.29, 0.717) is 23.5 Å². The monoisotopic (exact) mass is 430 g/mol. The Morgan fingerprint density at radius 1 is 0.633 bits per heavy atom. The van der Waals surface area contributed by atoms with Crippen molar-refractivity contribution in [3.8, 4) is 17.2 Å². The van der Waals surface area contributed by atoms with Gasteiger partial charge < -0.3 is 28.5 Å². The topological polar surface area (TPSA) is 94.5 Å². The van der Waals surface area contributed by atoms with Crippen molar-refractivity contribution in [3.05, 3.63) is 89.5 Å². The highest BCUT2D eigenvalue weighted by atomic mass is 31.2. The summed E-state index contributed by atoms with van der Waals surface area (Å²) in [5, 5.41) is 18.4. The molecule has 2 N–H and O–H groups in total. The number of phosphoric ester groups is 1. The third-order valence-corrected chi connectivity index (χ3v) is 5.40. The summed E-state index contributed by atoms with van der Waals surface area (Å²) >= 11 is 0. The predicted molar refractivity (Wildman–Crippen MR) is 111 cm³/mol. The molecule has 0 aromatic heterocycles. The zero-order valence-electron chi connectivity index (χ0n) is 16.4. The molecule has 0 atom stereocenters. The van der Waals surface area contributed by atoms with E-state index in [1.54, 1.807) is 79.9 Å². The predicted octanol–water partition coefficient (Wildman–Crippen LogP) is 4.46. The zero-order chi connectivity index (χ0) is 21.4. The van der Waals surface area contributed by atoms with Crippen LogP contribution in [0.15, 0.2) is 72.8 Å². The van der Waals surface area contributed by atoms with E-state index in [1.165, 1.54) is 0 Å². The van der Waals surface area contributed by atoms with Crippen molar-refractivity contribution in [2.45, 2.75) is 19.8 Å². The lowest BCUT2D eigenvalue weighted by molar-refractivity contribution is 0.185. The number of aliphatic hydroxyl groups excluding tert-OH is 2. The van der Waals surface area contributed by atoms with Crippen LogP contribution in [-0.2, 0) is 29.1 Å². The minimum atomic E-state index is -4.12. The molecule has 0 amide bonds. The smallest absolute Gasteiger partial charge is 0.392 e. The third kappa shape index (κ3) is 6.08. The van der Waals surface area contributed by atoms with Gasteiger partial charge in [0, 0.05) is 7.11 Å². The van der Waals surface area contributed by atoms with Crippen LogP contribution < -0.4 is 13.6 Å². The van der Waals surface area contributed by atoms with Crippen LogP contribution in [0.5, 0.6) is 17.2 Å². The Labute approximate surface area is 175 Å². The molecule has 0 radical (unpaired) electrons. The summed E-state index contributed by atoms with van der Waals surface area (Å²) in [4.78, 5) is 0. The first kappa shape index (κ1) is 21.9. The molecule has 0 saturated heterocycles. The molecular formula is C22H23O7P. The van der Waals surface area contributed by atoms with Gasteiger partial charge in [-0.25, -0.2) is 0 Å². The summed E-state index contributed by atoms with van der Waals surface area (Å²) in [6.45, 7) is 0.214. The van der Waals surface area contributed by atoms with Crippen molar-refractivity contribution >= 4 is 7.82 Å². The van der Waals surface area contributed by atoms with Crippen molar-refractivity contribution in [2.75, 3.05) is 7.11 Å². The molecule has 8 heteroatoms. The van der Waals surface area contributed by atoms with E-state index in [0.717, 1.165) is 5.56 Å². The van der Waals surface area contributed by atoms with Gasteiger partial charge in [-0.05, 0) is 53.1 Å². The molecular weight excluding hydrogens is 407 g/mol. The molecule has 3 aromatic carbocycles. The Morgan fingerprint density at radius 3 is 1.27 bits per heavy atom. The summed E-state index contributed by atoms with van der Waals surface area (Å²) in [6.07, 6.45) is 0. The molecule has 30 heavy (non-hydrogen) atoms. The van der Waals surface area contributed by atoms with E-state index in [1.807, 2.05) is 0 Å². The summed E-state index contributed by atoms with van der Waals surface area (Å²) in [5.41, 5.74) is 2.31. The van der Waals surface area contributed by atoms with Gasteiger partial charge in [0.2, 0.25) is 0 Å². The van der Waals surface area contributed by atoms with E-state index in [2.05, 4.69) is 0 Å². The Kier molecular flexibility index (Phi) is 7.49. The van der Waals surface area contributed by atoms with Crippen LogP contribution in [0.1, 0.15) is 16.7 Å². The highest BCUT2D eigenvalue weighted by Gasteiger charge is 2.33. The van der Waals surface area contributed by atoms with Crippen LogP contribution in [0.3, 0.4) is 0 Å². The first-order chi connectivity index (χ1) is 14.5. The average Bonchev–Trinajstić information content (AvgIpc) is 2.76. The molecule has 0 bridgehead atoms. The van der Waals surface area contributed by atoms with Gasteiger partial charge in [-0.15, -0.1) is 0 Å². The fourth-order valence-corrected chi connectivity index (χ4v) is 3.82. The highest BCUT2D eigenvalue weighted by Crippen LogP contribution is 2.49. The van der Waals surface area contributed by atoms with Gasteiger partial charge >= 0.3 is 7.82 Å². The minimum Gasteiger partial charge on any atom is -0.392 e. The zero-order valence-corrected chi connectivity index (χ0v) is 17.3. The molecule has 0 fully saturated rings. The van der Waals surface area contributed by atoms with Gasteiger partial charge in [0.25, 0.3) is 0 Å². The number of aliphatic hydroxyl groups is 2. The van der Waals surface area contributed by atoms with Gasteiger partial charge in [0.1, 0.15) is 17.2 Å². The molecule has 0 aliphatic heterocycles. The van der Waals surface area contributed by atoms with Crippen LogP contribution in [0.4, 0.5) is 0 Å². The maximum atomic E-state index is 13.5. The molecule has 7 nitrogen and oxygen atoms in total. The Morgan fingerprint density at radius 2 is 0.967 bits per heavy atom. The number of methoxy groups -OCH3 is 1. The average molecular weight is 430 g/mol. The molecule has 0 spiro atoms. The SMILES string of the molecule is COCc1ccc(OP(=O)(Oc2ccc(CO)cc2)Oc2ccc(CO)cc2)cc1. The molecule has 0 aliphatic rings. The Balaban J connectivity index is 1.84. The number of hydrogen-bond donors (Lipinski definition) is 2. The molecule has 0 saturated carbocycles. The second-order valence-electron chi connectivity index (χ2n) is 6.40. The van der Waals surface area contributed by atoms with Crippen molar-refractivity contribution in [3.63, 3.8) is 0 Å². The first-order valence-electron chi connectivity index (χ1n) is 9.20. The van der Waals surface area contributed by atoms with E-state index in [4.69, 9.17) is 18.3 Å². The standard InChI is InChI=1S/C22H23O7P/c1-26-16-19-6-12-22(13-7-19)29-30(25,27-20-8-2-17(14-23)3-9-20)28-21-10-4-18(15-24)5-11-21/h2-13,23-24H,14-16H2,1H3. The van der Waals surface area contributed by atoms with Gasteiger partial charge in [-0.3, -0.25) is 0 Å². The number of ether oxygens (including phenoxy) is 1. The summed E-state index contributed by atoms with van der Waals surface area (Å²) in [6, 6.07) is 19.8. The lowest BCUT2D eigenvalue weighted by Gasteiger charge is -2.20. The van der Waals surface area contributed by atoms with E-state index >= 15 is 0 Å². The van der Waals surface area contributed by atoms with Crippen LogP contribution in [0.2, 0.25) is 0 Å². The second kappa shape index (κ2) is 10.3. The minimum absolute atomic E-state index is 0.115. The molecule has 3 rings (SSSR count). The summed E-state index contributed by atoms with van der Waals surface area (Å²) in [7, 11) is -2.52. The molecule has 3 aromatic rings. The lowest BCUT2D eigenvalue weighted by atomic mass is 10.2. The van der Waals surface area contributed by atoms with Crippen molar-refractivity contribution in [1.29, 1.82) is 0 Å². The Bertz CT molecular complexity index is 916. The molecule has 0 heterocycles. The summed E-state index contributed by atoms with van der Waals surface area (Å²) < 4.78 is 35.4. The van der Waals surface area contributed by atoms with Crippen molar-refractivity contribution < 1.29 is 33.1 Å². The van der Waals surface area contributed by atoms with E-state index in [9.17, 15) is 14.8 Å². The third-order valence-electron chi connectivity index (χ3n) is 4.10.